The SMILES string of the molecule is Cc1ccc(NC2(S(=O)(=O)O)C=Cc3ccccc3C2)cc1. The number of aryl methyl sites for hydroxylation is 1. The fraction of sp³-hybridized carbons (Fsp3) is 0.176. The van der Waals surface area contributed by atoms with Crippen LogP contribution in [0, 0.1) is 6.92 Å². The van der Waals surface area contributed by atoms with Crippen molar-refractivity contribution in [2.75, 3.05) is 5.32 Å². The van der Waals surface area contributed by atoms with Gasteiger partial charge >= 0.3 is 0 Å². The molecule has 0 bridgehead atoms. The molecule has 5 heteroatoms. The van der Waals surface area contributed by atoms with Gasteiger partial charge in [-0.25, -0.2) is 0 Å². The summed E-state index contributed by atoms with van der Waals surface area (Å²) in [6.07, 6.45) is 3.42. The maximum atomic E-state index is 12.0. The van der Waals surface area contributed by atoms with E-state index in [1.165, 1.54) is 6.08 Å². The molecule has 1 aliphatic rings. The van der Waals surface area contributed by atoms with Crippen LogP contribution in [0.1, 0.15) is 16.7 Å². The van der Waals surface area contributed by atoms with Gasteiger partial charge in [0.2, 0.25) is 0 Å². The molecule has 22 heavy (non-hydrogen) atoms. The number of fused-ring (bicyclic) bond motifs is 1. The van der Waals surface area contributed by atoms with Crippen molar-refractivity contribution >= 4 is 21.9 Å². The van der Waals surface area contributed by atoms with E-state index in [1.54, 1.807) is 18.2 Å². The first-order valence-electron chi connectivity index (χ1n) is 6.99. The third-order valence-electron chi connectivity index (χ3n) is 3.91. The molecule has 0 radical (unpaired) electrons. The minimum atomic E-state index is -4.34. The first-order chi connectivity index (χ1) is 10.4. The molecule has 3 rings (SSSR count). The number of anilines is 1. The Morgan fingerprint density at radius 2 is 1.77 bits per heavy atom. The zero-order valence-corrected chi connectivity index (χ0v) is 13.0. The van der Waals surface area contributed by atoms with Crippen molar-refractivity contribution in [1.82, 2.24) is 0 Å². The van der Waals surface area contributed by atoms with Gasteiger partial charge in [0.1, 0.15) is 0 Å². The van der Waals surface area contributed by atoms with E-state index in [0.717, 1.165) is 16.7 Å². The smallest absolute Gasteiger partial charge is 0.293 e. The number of hydrogen-bond donors (Lipinski definition) is 2. The van der Waals surface area contributed by atoms with Crippen molar-refractivity contribution in [3.8, 4) is 0 Å². The van der Waals surface area contributed by atoms with Gasteiger partial charge in [0.25, 0.3) is 10.1 Å². The van der Waals surface area contributed by atoms with Crippen LogP contribution in [0.5, 0.6) is 0 Å². The van der Waals surface area contributed by atoms with Crippen LogP contribution in [0.3, 0.4) is 0 Å². The molecule has 0 heterocycles. The average molecular weight is 315 g/mol. The average Bonchev–Trinajstić information content (AvgIpc) is 2.48. The van der Waals surface area contributed by atoms with Gasteiger partial charge in [-0.15, -0.1) is 0 Å². The Hall–Kier alpha value is -2.11. The lowest BCUT2D eigenvalue weighted by atomic mass is 9.93. The van der Waals surface area contributed by atoms with Crippen molar-refractivity contribution in [3.05, 3.63) is 71.3 Å². The molecule has 0 aromatic heterocycles. The minimum absolute atomic E-state index is 0.173. The van der Waals surface area contributed by atoms with Crippen LogP contribution in [0.4, 0.5) is 5.69 Å². The predicted molar refractivity (Wildman–Crippen MR) is 88.3 cm³/mol. The Morgan fingerprint density at radius 1 is 1.09 bits per heavy atom. The predicted octanol–water partition coefficient (Wildman–Crippen LogP) is 3.26. The zero-order valence-electron chi connectivity index (χ0n) is 12.2. The highest BCUT2D eigenvalue weighted by molar-refractivity contribution is 7.87. The number of benzene rings is 2. The van der Waals surface area contributed by atoms with E-state index in [1.807, 2.05) is 43.3 Å². The summed E-state index contributed by atoms with van der Waals surface area (Å²) < 4.78 is 33.9. The van der Waals surface area contributed by atoms with Crippen LogP contribution < -0.4 is 5.32 Å². The molecule has 1 aliphatic carbocycles. The van der Waals surface area contributed by atoms with Gasteiger partial charge in [-0.2, -0.15) is 8.42 Å². The molecule has 0 fully saturated rings. The molecule has 2 aromatic carbocycles. The zero-order chi connectivity index (χ0) is 15.8. The van der Waals surface area contributed by atoms with E-state index in [2.05, 4.69) is 5.32 Å². The van der Waals surface area contributed by atoms with Crippen LogP contribution in [-0.2, 0) is 16.5 Å². The Bertz CT molecular complexity index is 825. The summed E-state index contributed by atoms with van der Waals surface area (Å²) in [5.41, 5.74) is 3.57. The summed E-state index contributed by atoms with van der Waals surface area (Å²) in [4.78, 5) is -1.55. The maximum Gasteiger partial charge on any atom is 0.293 e. The number of nitrogens with one attached hydrogen (secondary N) is 1. The monoisotopic (exact) mass is 315 g/mol. The molecule has 0 aliphatic heterocycles. The van der Waals surface area contributed by atoms with Crippen molar-refractivity contribution in [2.24, 2.45) is 0 Å². The Balaban J connectivity index is 2.03. The topological polar surface area (TPSA) is 66.4 Å². The van der Waals surface area contributed by atoms with E-state index in [-0.39, 0.29) is 6.42 Å². The Kier molecular flexibility index (Phi) is 3.54. The second kappa shape index (κ2) is 5.26. The summed E-state index contributed by atoms with van der Waals surface area (Å²) >= 11 is 0. The van der Waals surface area contributed by atoms with Gasteiger partial charge in [-0.1, -0.05) is 48.0 Å². The van der Waals surface area contributed by atoms with E-state index in [4.69, 9.17) is 0 Å². The highest BCUT2D eigenvalue weighted by Crippen LogP contribution is 2.32. The van der Waals surface area contributed by atoms with Crippen molar-refractivity contribution < 1.29 is 13.0 Å². The molecule has 2 aromatic rings. The molecule has 4 nitrogen and oxygen atoms in total. The van der Waals surface area contributed by atoms with E-state index in [9.17, 15) is 13.0 Å². The first-order valence-corrected chi connectivity index (χ1v) is 8.43. The molecular weight excluding hydrogens is 298 g/mol. The van der Waals surface area contributed by atoms with Gasteiger partial charge < -0.3 is 5.32 Å². The van der Waals surface area contributed by atoms with E-state index >= 15 is 0 Å². The van der Waals surface area contributed by atoms with Crippen LogP contribution in [0.2, 0.25) is 0 Å². The van der Waals surface area contributed by atoms with Crippen molar-refractivity contribution in [3.63, 3.8) is 0 Å². The Labute approximate surface area is 130 Å². The second-order valence-corrected chi connectivity index (χ2v) is 7.24. The van der Waals surface area contributed by atoms with Crippen molar-refractivity contribution in [1.29, 1.82) is 0 Å². The summed E-state index contributed by atoms with van der Waals surface area (Å²) in [7, 11) is -4.34. The largest absolute Gasteiger partial charge is 0.361 e. The van der Waals surface area contributed by atoms with Gasteiger partial charge in [0.15, 0.2) is 4.87 Å². The standard InChI is InChI=1S/C17H17NO3S/c1-13-6-8-16(9-7-13)18-17(22(19,20)21)11-10-14-4-2-3-5-15(14)12-17/h2-11,18H,12H2,1H3,(H,19,20,21). The lowest BCUT2D eigenvalue weighted by molar-refractivity contribution is 0.454. The van der Waals surface area contributed by atoms with Crippen LogP contribution >= 0.6 is 0 Å². The highest BCUT2D eigenvalue weighted by Gasteiger charge is 2.42. The number of hydrogen-bond acceptors (Lipinski definition) is 3. The van der Waals surface area contributed by atoms with Gasteiger partial charge in [-0.05, 0) is 36.3 Å². The van der Waals surface area contributed by atoms with E-state index < -0.39 is 15.0 Å². The van der Waals surface area contributed by atoms with Crippen molar-refractivity contribution in [2.45, 2.75) is 18.2 Å². The Morgan fingerprint density at radius 3 is 2.45 bits per heavy atom. The molecule has 2 N–H and O–H groups in total. The summed E-state index contributed by atoms with van der Waals surface area (Å²) in [5.74, 6) is 0. The summed E-state index contributed by atoms with van der Waals surface area (Å²) in [6, 6.07) is 14.9. The van der Waals surface area contributed by atoms with Crippen LogP contribution in [-0.4, -0.2) is 17.8 Å². The second-order valence-electron chi connectivity index (χ2n) is 5.56. The molecule has 0 saturated heterocycles. The third kappa shape index (κ3) is 2.65. The molecule has 0 saturated carbocycles. The quantitative estimate of drug-likeness (QED) is 0.853. The van der Waals surface area contributed by atoms with Crippen LogP contribution in [0.15, 0.2) is 54.6 Å². The van der Waals surface area contributed by atoms with E-state index in [0.29, 0.717) is 5.69 Å². The highest BCUT2D eigenvalue weighted by atomic mass is 32.2. The fourth-order valence-corrected chi connectivity index (χ4v) is 3.46. The molecule has 114 valence electrons. The summed E-state index contributed by atoms with van der Waals surface area (Å²) in [5, 5.41) is 2.98. The normalized spacial score (nSPS) is 20.5. The number of rotatable bonds is 3. The summed E-state index contributed by atoms with van der Waals surface area (Å²) in [6.45, 7) is 1.96. The molecule has 1 unspecified atom stereocenters. The minimum Gasteiger partial charge on any atom is -0.361 e. The van der Waals surface area contributed by atoms with Gasteiger partial charge in [0.05, 0.1) is 0 Å². The van der Waals surface area contributed by atoms with Gasteiger partial charge in [0, 0.05) is 12.1 Å². The maximum absolute atomic E-state index is 12.0. The lowest BCUT2D eigenvalue weighted by Gasteiger charge is -2.33. The molecular formula is C17H17NO3S. The molecule has 0 amide bonds. The fourth-order valence-electron chi connectivity index (χ4n) is 2.63. The third-order valence-corrected chi connectivity index (χ3v) is 5.21. The van der Waals surface area contributed by atoms with Gasteiger partial charge in [-0.3, -0.25) is 4.55 Å². The molecule has 1 atom stereocenters. The lowest BCUT2D eigenvalue weighted by Crippen LogP contribution is -2.47. The molecule has 0 spiro atoms. The first kappa shape index (κ1) is 14.8. The van der Waals surface area contributed by atoms with Crippen LogP contribution in [0.25, 0.3) is 6.08 Å².